The van der Waals surface area contributed by atoms with Crippen LogP contribution in [-0.4, -0.2) is 5.91 Å². The van der Waals surface area contributed by atoms with Crippen LogP contribution in [0.25, 0.3) is 0 Å². The lowest BCUT2D eigenvalue weighted by atomic mass is 10.1. The first-order valence-corrected chi connectivity index (χ1v) is 6.21. The Morgan fingerprint density at radius 3 is 2.47 bits per heavy atom. The first-order chi connectivity index (χ1) is 9.15. The molecule has 0 atom stereocenters. The van der Waals surface area contributed by atoms with E-state index >= 15 is 0 Å². The van der Waals surface area contributed by atoms with Crippen LogP contribution >= 0.6 is 0 Å². The molecule has 2 aromatic rings. The van der Waals surface area contributed by atoms with Gasteiger partial charge in [-0.15, -0.1) is 0 Å². The molecule has 3 heteroatoms. The van der Waals surface area contributed by atoms with Crippen LogP contribution in [0.5, 0.6) is 0 Å². The van der Waals surface area contributed by atoms with E-state index in [0.29, 0.717) is 13.0 Å². The van der Waals surface area contributed by atoms with E-state index in [4.69, 9.17) is 0 Å². The minimum atomic E-state index is -0.269. The Morgan fingerprint density at radius 1 is 1.11 bits per heavy atom. The molecule has 0 radical (unpaired) electrons. The molecule has 1 amide bonds. The van der Waals surface area contributed by atoms with Gasteiger partial charge in [-0.3, -0.25) is 4.79 Å². The zero-order chi connectivity index (χ0) is 13.7. The Bertz CT molecular complexity index is 563. The Kier molecular flexibility index (Phi) is 4.29. The number of halogens is 1. The highest BCUT2D eigenvalue weighted by Gasteiger charge is 2.05. The Hall–Kier alpha value is -2.16. The molecular formula is C16H16FNO. The molecule has 0 aliphatic carbocycles. The highest BCUT2D eigenvalue weighted by atomic mass is 19.1. The number of hydrogen-bond donors (Lipinski definition) is 1. The van der Waals surface area contributed by atoms with E-state index in [1.807, 2.05) is 31.2 Å². The van der Waals surface area contributed by atoms with E-state index in [1.54, 1.807) is 12.1 Å². The van der Waals surface area contributed by atoms with Crippen LogP contribution in [0, 0.1) is 12.7 Å². The molecule has 2 rings (SSSR count). The van der Waals surface area contributed by atoms with Gasteiger partial charge in [0.1, 0.15) is 5.82 Å². The van der Waals surface area contributed by atoms with Crippen molar-refractivity contribution in [1.29, 1.82) is 0 Å². The summed E-state index contributed by atoms with van der Waals surface area (Å²) in [6.45, 7) is 2.41. The van der Waals surface area contributed by atoms with Crippen molar-refractivity contribution in [2.24, 2.45) is 0 Å². The van der Waals surface area contributed by atoms with E-state index in [1.165, 1.54) is 12.1 Å². The van der Waals surface area contributed by atoms with Crippen molar-refractivity contribution in [3.8, 4) is 0 Å². The van der Waals surface area contributed by atoms with Crippen molar-refractivity contribution in [2.45, 2.75) is 19.9 Å². The third kappa shape index (κ3) is 3.91. The monoisotopic (exact) mass is 257 g/mol. The Labute approximate surface area is 112 Å². The van der Waals surface area contributed by atoms with Gasteiger partial charge in [0.2, 0.25) is 5.91 Å². The van der Waals surface area contributed by atoms with Crippen LogP contribution in [0.2, 0.25) is 0 Å². The summed E-state index contributed by atoms with van der Waals surface area (Å²) in [7, 11) is 0. The molecule has 2 aromatic carbocycles. The van der Waals surface area contributed by atoms with Gasteiger partial charge in [-0.05, 0) is 35.7 Å². The van der Waals surface area contributed by atoms with E-state index in [-0.39, 0.29) is 11.7 Å². The van der Waals surface area contributed by atoms with Crippen LogP contribution in [0.3, 0.4) is 0 Å². The SMILES string of the molecule is Cc1ccccc1CC(=O)NCc1ccc(F)cc1. The summed E-state index contributed by atoms with van der Waals surface area (Å²) in [5.41, 5.74) is 3.03. The van der Waals surface area contributed by atoms with Crippen molar-refractivity contribution in [2.75, 3.05) is 0 Å². The zero-order valence-electron chi connectivity index (χ0n) is 10.8. The Morgan fingerprint density at radius 2 is 1.79 bits per heavy atom. The molecule has 0 heterocycles. The van der Waals surface area contributed by atoms with E-state index in [9.17, 15) is 9.18 Å². The molecule has 0 spiro atoms. The fourth-order valence-corrected chi connectivity index (χ4v) is 1.85. The van der Waals surface area contributed by atoms with Crippen LogP contribution < -0.4 is 5.32 Å². The lowest BCUT2D eigenvalue weighted by molar-refractivity contribution is -0.120. The average Bonchev–Trinajstić information content (AvgIpc) is 2.41. The number of aryl methyl sites for hydroxylation is 1. The van der Waals surface area contributed by atoms with E-state index < -0.39 is 0 Å². The van der Waals surface area contributed by atoms with E-state index in [2.05, 4.69) is 5.32 Å². The minimum Gasteiger partial charge on any atom is -0.352 e. The van der Waals surface area contributed by atoms with Crippen molar-refractivity contribution in [3.63, 3.8) is 0 Å². The largest absolute Gasteiger partial charge is 0.352 e. The standard InChI is InChI=1S/C16H16FNO/c1-12-4-2-3-5-14(12)10-16(19)18-11-13-6-8-15(17)9-7-13/h2-9H,10-11H2,1H3,(H,18,19). The number of rotatable bonds is 4. The molecule has 2 nitrogen and oxygen atoms in total. The molecule has 0 aromatic heterocycles. The number of hydrogen-bond acceptors (Lipinski definition) is 1. The molecule has 0 aliphatic rings. The van der Waals surface area contributed by atoms with E-state index in [0.717, 1.165) is 16.7 Å². The average molecular weight is 257 g/mol. The third-order valence-electron chi connectivity index (χ3n) is 3.02. The fraction of sp³-hybridized carbons (Fsp3) is 0.188. The zero-order valence-corrected chi connectivity index (χ0v) is 10.8. The predicted octanol–water partition coefficient (Wildman–Crippen LogP) is 2.99. The van der Waals surface area contributed by atoms with Gasteiger partial charge in [-0.2, -0.15) is 0 Å². The topological polar surface area (TPSA) is 29.1 Å². The molecule has 19 heavy (non-hydrogen) atoms. The fourth-order valence-electron chi connectivity index (χ4n) is 1.85. The minimum absolute atomic E-state index is 0.0291. The molecule has 0 saturated carbocycles. The van der Waals surface area contributed by atoms with Crippen LogP contribution in [-0.2, 0) is 17.8 Å². The molecule has 0 fully saturated rings. The number of benzene rings is 2. The van der Waals surface area contributed by atoms with Gasteiger partial charge in [0.05, 0.1) is 6.42 Å². The highest BCUT2D eigenvalue weighted by Crippen LogP contribution is 2.08. The predicted molar refractivity (Wildman–Crippen MR) is 73.1 cm³/mol. The Balaban J connectivity index is 1.88. The van der Waals surface area contributed by atoms with Gasteiger partial charge in [-0.1, -0.05) is 36.4 Å². The number of carbonyl (C=O) groups excluding carboxylic acids is 1. The second-order valence-corrected chi connectivity index (χ2v) is 4.51. The van der Waals surface area contributed by atoms with Crippen LogP contribution in [0.15, 0.2) is 48.5 Å². The second kappa shape index (κ2) is 6.14. The smallest absolute Gasteiger partial charge is 0.224 e. The molecule has 0 bridgehead atoms. The highest BCUT2D eigenvalue weighted by molar-refractivity contribution is 5.78. The van der Waals surface area contributed by atoms with Crippen molar-refractivity contribution in [3.05, 3.63) is 71.0 Å². The third-order valence-corrected chi connectivity index (χ3v) is 3.02. The summed E-state index contributed by atoms with van der Waals surface area (Å²) < 4.78 is 12.7. The first kappa shape index (κ1) is 13.3. The lowest BCUT2D eigenvalue weighted by Crippen LogP contribution is -2.24. The molecule has 1 N–H and O–H groups in total. The molecule has 98 valence electrons. The van der Waals surface area contributed by atoms with Crippen molar-refractivity contribution >= 4 is 5.91 Å². The lowest BCUT2D eigenvalue weighted by Gasteiger charge is -2.07. The summed E-state index contributed by atoms with van der Waals surface area (Å²) in [5.74, 6) is -0.298. The van der Waals surface area contributed by atoms with Crippen molar-refractivity contribution in [1.82, 2.24) is 5.32 Å². The second-order valence-electron chi connectivity index (χ2n) is 4.51. The number of amides is 1. The van der Waals surface area contributed by atoms with Gasteiger partial charge >= 0.3 is 0 Å². The molecule has 0 unspecified atom stereocenters. The normalized spacial score (nSPS) is 10.2. The molecule has 0 saturated heterocycles. The van der Waals surface area contributed by atoms with Gasteiger partial charge in [0.15, 0.2) is 0 Å². The van der Waals surface area contributed by atoms with Crippen LogP contribution in [0.4, 0.5) is 4.39 Å². The summed E-state index contributed by atoms with van der Waals surface area (Å²) in [6.07, 6.45) is 0.369. The molecular weight excluding hydrogens is 241 g/mol. The van der Waals surface area contributed by atoms with Gasteiger partial charge in [-0.25, -0.2) is 4.39 Å². The van der Waals surface area contributed by atoms with Gasteiger partial charge in [0.25, 0.3) is 0 Å². The number of nitrogens with one attached hydrogen (secondary N) is 1. The first-order valence-electron chi connectivity index (χ1n) is 6.21. The summed E-state index contributed by atoms with van der Waals surface area (Å²) in [5, 5.41) is 2.83. The summed E-state index contributed by atoms with van der Waals surface area (Å²) in [6, 6.07) is 13.9. The maximum atomic E-state index is 12.7. The molecule has 0 aliphatic heterocycles. The maximum absolute atomic E-state index is 12.7. The van der Waals surface area contributed by atoms with Gasteiger partial charge in [0, 0.05) is 6.54 Å². The summed E-state index contributed by atoms with van der Waals surface area (Å²) in [4.78, 5) is 11.8. The van der Waals surface area contributed by atoms with Crippen molar-refractivity contribution < 1.29 is 9.18 Å². The quantitative estimate of drug-likeness (QED) is 0.896. The van der Waals surface area contributed by atoms with Crippen LogP contribution in [0.1, 0.15) is 16.7 Å². The van der Waals surface area contributed by atoms with Gasteiger partial charge < -0.3 is 5.32 Å². The maximum Gasteiger partial charge on any atom is 0.224 e. The summed E-state index contributed by atoms with van der Waals surface area (Å²) >= 11 is 0. The number of carbonyl (C=O) groups is 1.